The van der Waals surface area contributed by atoms with E-state index in [2.05, 4.69) is 21.1 Å². The Morgan fingerprint density at radius 3 is 3.05 bits per heavy atom. The lowest BCUT2D eigenvalue weighted by Gasteiger charge is -2.07. The van der Waals surface area contributed by atoms with Gasteiger partial charge in [0, 0.05) is 24.8 Å². The van der Waals surface area contributed by atoms with Crippen molar-refractivity contribution in [2.45, 2.75) is 0 Å². The molecule has 1 aromatic heterocycles. The van der Waals surface area contributed by atoms with E-state index in [0.29, 0.717) is 5.56 Å². The maximum absolute atomic E-state index is 10.6. The monoisotopic (exact) mass is 304 g/mol. The van der Waals surface area contributed by atoms with E-state index in [1.54, 1.807) is 19.4 Å². The van der Waals surface area contributed by atoms with Gasteiger partial charge in [0.25, 0.3) is 0 Å². The van der Waals surface area contributed by atoms with Crippen LogP contribution in [0.15, 0.2) is 34.8 Å². The van der Waals surface area contributed by atoms with Crippen molar-refractivity contribution >= 4 is 45.9 Å². The van der Waals surface area contributed by atoms with Gasteiger partial charge in [0.15, 0.2) is 5.62 Å². The Bertz CT molecular complexity index is 687. The molecule has 0 aliphatic rings. The first-order chi connectivity index (χ1) is 9.80. The van der Waals surface area contributed by atoms with E-state index in [4.69, 9.17) is 5.26 Å². The molecule has 0 bridgehead atoms. The molecule has 0 saturated heterocycles. The summed E-state index contributed by atoms with van der Waals surface area (Å²) >= 11 is 2.42. The van der Waals surface area contributed by atoms with Crippen LogP contribution in [0.4, 0.5) is 5.69 Å². The first-order valence-corrected chi connectivity index (χ1v) is 7.40. The fourth-order valence-corrected chi connectivity index (χ4v) is 2.96. The highest BCUT2D eigenvalue weighted by atomic mass is 32.2. The number of carbonyl (C=O) groups is 1. The van der Waals surface area contributed by atoms with Gasteiger partial charge in [-0.15, -0.1) is 0 Å². The Hall–Kier alpha value is -2.04. The average Bonchev–Trinajstić information content (AvgIpc) is 2.89. The van der Waals surface area contributed by atoms with Gasteiger partial charge in [-0.2, -0.15) is 5.26 Å². The van der Waals surface area contributed by atoms with Crippen LogP contribution in [0.25, 0.3) is 10.9 Å². The van der Waals surface area contributed by atoms with E-state index < -0.39 is 0 Å². The SMILES string of the molecule is CN/C=C(\SC=O)SNc1cccc2c(C#N)c[nH]c12. The Balaban J connectivity index is 2.22. The predicted octanol–water partition coefficient (Wildman–Crippen LogP) is 3.04. The van der Waals surface area contributed by atoms with Crippen LogP contribution in [-0.2, 0) is 4.79 Å². The zero-order chi connectivity index (χ0) is 14.4. The van der Waals surface area contributed by atoms with Crippen LogP contribution in [0, 0.1) is 11.3 Å². The zero-order valence-electron chi connectivity index (χ0n) is 10.6. The molecule has 0 atom stereocenters. The first kappa shape index (κ1) is 14.4. The lowest BCUT2D eigenvalue weighted by molar-refractivity contribution is 0.570. The van der Waals surface area contributed by atoms with Crippen LogP contribution in [0.3, 0.4) is 0 Å². The summed E-state index contributed by atoms with van der Waals surface area (Å²) in [5, 5.41) is 12.8. The number of para-hydroxylation sites is 1. The van der Waals surface area contributed by atoms with E-state index in [1.165, 1.54) is 11.9 Å². The van der Waals surface area contributed by atoms with Crippen LogP contribution >= 0.6 is 23.7 Å². The van der Waals surface area contributed by atoms with Crippen molar-refractivity contribution in [3.63, 3.8) is 0 Å². The third-order valence-corrected chi connectivity index (χ3v) is 4.15. The molecule has 2 aromatic rings. The lowest BCUT2D eigenvalue weighted by Crippen LogP contribution is -1.95. The number of carbonyl (C=O) groups excluding carboxylic acids is 1. The average molecular weight is 304 g/mol. The summed E-state index contributed by atoms with van der Waals surface area (Å²) in [6, 6.07) is 7.83. The molecule has 0 aliphatic carbocycles. The molecular weight excluding hydrogens is 292 g/mol. The van der Waals surface area contributed by atoms with E-state index in [-0.39, 0.29) is 0 Å². The van der Waals surface area contributed by atoms with Gasteiger partial charge >= 0.3 is 0 Å². The summed E-state index contributed by atoms with van der Waals surface area (Å²) in [6.07, 6.45) is 3.43. The maximum Gasteiger partial charge on any atom is 0.181 e. The Morgan fingerprint density at radius 2 is 2.35 bits per heavy atom. The standard InChI is InChI=1S/C13H12N4OS2/c1-15-7-12(19-8-18)20-17-11-4-2-3-10-9(5-14)6-16-13(10)11/h2-4,6-8,15-17H,1H3/b12-7+. The summed E-state index contributed by atoms with van der Waals surface area (Å²) in [6.45, 7) is 0. The molecule has 1 heterocycles. The molecular formula is C13H12N4OS2. The minimum atomic E-state index is 0.613. The number of nitrogens with zero attached hydrogens (tertiary/aromatic N) is 1. The van der Waals surface area contributed by atoms with Crippen molar-refractivity contribution < 1.29 is 4.79 Å². The van der Waals surface area contributed by atoms with Crippen LogP contribution in [0.1, 0.15) is 5.56 Å². The van der Waals surface area contributed by atoms with Gasteiger partial charge in [-0.1, -0.05) is 12.1 Å². The number of H-pyrrole nitrogens is 1. The molecule has 0 spiro atoms. The molecule has 1 aromatic carbocycles. The van der Waals surface area contributed by atoms with Gasteiger partial charge in [-0.05, 0) is 29.8 Å². The van der Waals surface area contributed by atoms with E-state index in [0.717, 1.165) is 38.2 Å². The van der Waals surface area contributed by atoms with Crippen LogP contribution in [0.5, 0.6) is 0 Å². The zero-order valence-corrected chi connectivity index (χ0v) is 12.3. The molecule has 2 rings (SSSR count). The van der Waals surface area contributed by atoms with E-state index >= 15 is 0 Å². The van der Waals surface area contributed by atoms with Crippen molar-refractivity contribution in [1.29, 1.82) is 5.26 Å². The summed E-state index contributed by atoms with van der Waals surface area (Å²) in [5.74, 6) is 0. The Labute approximate surface area is 124 Å². The third kappa shape index (κ3) is 3.10. The summed E-state index contributed by atoms with van der Waals surface area (Å²) in [4.78, 5) is 13.7. The molecule has 0 amide bonds. The summed E-state index contributed by atoms with van der Waals surface area (Å²) in [5.41, 5.74) is 3.13. The van der Waals surface area contributed by atoms with Crippen LogP contribution < -0.4 is 10.0 Å². The number of rotatable bonds is 6. The quantitative estimate of drug-likeness (QED) is 0.562. The highest BCUT2D eigenvalue weighted by molar-refractivity contribution is 8.28. The Morgan fingerprint density at radius 1 is 1.50 bits per heavy atom. The van der Waals surface area contributed by atoms with Crippen LogP contribution in [0.2, 0.25) is 0 Å². The number of hydrogen-bond donors (Lipinski definition) is 3. The second-order valence-corrected chi connectivity index (χ2v) is 5.69. The molecule has 0 saturated carbocycles. The largest absolute Gasteiger partial charge is 0.393 e. The van der Waals surface area contributed by atoms with Crippen LogP contribution in [-0.4, -0.2) is 17.6 Å². The number of benzene rings is 1. The summed E-state index contributed by atoms with van der Waals surface area (Å²) in [7, 11) is 1.77. The molecule has 3 N–H and O–H groups in total. The van der Waals surface area contributed by atoms with Crippen molar-refractivity contribution in [1.82, 2.24) is 10.3 Å². The fraction of sp³-hybridized carbons (Fsp3) is 0.0769. The van der Waals surface area contributed by atoms with E-state index in [1.807, 2.05) is 18.2 Å². The van der Waals surface area contributed by atoms with Gasteiger partial charge in [-0.3, -0.25) is 4.79 Å². The maximum atomic E-state index is 10.6. The minimum Gasteiger partial charge on any atom is -0.393 e. The molecule has 5 nitrogen and oxygen atoms in total. The number of hydrogen-bond acceptors (Lipinski definition) is 6. The molecule has 0 fully saturated rings. The summed E-state index contributed by atoms with van der Waals surface area (Å²) < 4.78 is 3.98. The van der Waals surface area contributed by atoms with Gasteiger partial charge < -0.3 is 15.0 Å². The number of nitriles is 1. The minimum absolute atomic E-state index is 0.613. The van der Waals surface area contributed by atoms with Gasteiger partial charge in [0.1, 0.15) is 6.07 Å². The molecule has 0 aliphatic heterocycles. The number of nitrogens with one attached hydrogen (secondary N) is 3. The number of aromatic nitrogens is 1. The topological polar surface area (TPSA) is 80.7 Å². The fourth-order valence-electron chi connectivity index (χ4n) is 1.69. The van der Waals surface area contributed by atoms with Crippen molar-refractivity contribution in [2.75, 3.05) is 11.8 Å². The second kappa shape index (κ2) is 6.93. The number of thioether (sulfide) groups is 1. The number of anilines is 1. The smallest absolute Gasteiger partial charge is 0.181 e. The molecule has 7 heteroatoms. The van der Waals surface area contributed by atoms with E-state index in [9.17, 15) is 4.79 Å². The number of aromatic amines is 1. The number of fused-ring (bicyclic) bond motifs is 1. The van der Waals surface area contributed by atoms with Crippen molar-refractivity contribution in [2.24, 2.45) is 0 Å². The highest BCUT2D eigenvalue weighted by Gasteiger charge is 2.07. The first-order valence-electron chi connectivity index (χ1n) is 5.71. The molecule has 0 radical (unpaired) electrons. The normalized spacial score (nSPS) is 11.1. The molecule has 20 heavy (non-hydrogen) atoms. The Kier molecular flexibility index (Phi) is 4.98. The van der Waals surface area contributed by atoms with Crippen molar-refractivity contribution in [3.05, 3.63) is 40.4 Å². The van der Waals surface area contributed by atoms with Gasteiger partial charge in [0.05, 0.1) is 21.0 Å². The highest BCUT2D eigenvalue weighted by Crippen LogP contribution is 2.31. The van der Waals surface area contributed by atoms with Gasteiger partial charge in [0.2, 0.25) is 0 Å². The molecule has 102 valence electrons. The third-order valence-electron chi connectivity index (χ3n) is 2.52. The van der Waals surface area contributed by atoms with Gasteiger partial charge in [-0.25, -0.2) is 0 Å². The second-order valence-electron chi connectivity index (χ2n) is 3.71. The lowest BCUT2D eigenvalue weighted by atomic mass is 10.2. The molecule has 0 unspecified atom stereocenters. The van der Waals surface area contributed by atoms with Crippen molar-refractivity contribution in [3.8, 4) is 6.07 Å². The predicted molar refractivity (Wildman–Crippen MR) is 85.7 cm³/mol.